The Morgan fingerprint density at radius 1 is 0.864 bits per heavy atom. The number of hydrogen-bond acceptors (Lipinski definition) is 0. The van der Waals surface area contributed by atoms with Gasteiger partial charge in [0.1, 0.15) is 0 Å². The minimum Gasteiger partial charge on any atom is -0.0683 e. The molecule has 0 bridgehead atoms. The molecule has 0 spiro atoms. The lowest BCUT2D eigenvalue weighted by Crippen LogP contribution is -2.14. The first-order valence-corrected chi connectivity index (χ1v) is 8.18. The molecule has 0 atom stereocenters. The SMILES string of the molecule is CC1=Cc2c(ccc(C(C)(C)C)c2-c2cc(C)cc(C)c2)C1. The molecule has 0 heterocycles. The minimum absolute atomic E-state index is 0.145. The molecule has 3 rings (SSSR count). The highest BCUT2D eigenvalue weighted by atomic mass is 14.3. The fraction of sp³-hybridized carbons (Fsp3) is 0.364. The van der Waals surface area contributed by atoms with Gasteiger partial charge in [-0.25, -0.2) is 0 Å². The van der Waals surface area contributed by atoms with Crippen molar-refractivity contribution in [2.45, 2.75) is 53.4 Å². The zero-order valence-corrected chi connectivity index (χ0v) is 14.7. The van der Waals surface area contributed by atoms with Gasteiger partial charge in [0.15, 0.2) is 0 Å². The molecule has 1 aliphatic carbocycles. The third-order valence-electron chi connectivity index (χ3n) is 4.51. The van der Waals surface area contributed by atoms with E-state index >= 15 is 0 Å². The average molecular weight is 290 g/mol. The largest absolute Gasteiger partial charge is 0.0683 e. The van der Waals surface area contributed by atoms with Crippen LogP contribution in [0.1, 0.15) is 55.5 Å². The molecule has 0 aromatic heterocycles. The van der Waals surface area contributed by atoms with E-state index in [0.29, 0.717) is 0 Å². The van der Waals surface area contributed by atoms with Crippen molar-refractivity contribution in [1.29, 1.82) is 0 Å². The molecule has 0 N–H and O–H groups in total. The third-order valence-corrected chi connectivity index (χ3v) is 4.51. The summed E-state index contributed by atoms with van der Waals surface area (Å²) in [5.74, 6) is 0. The molecule has 0 saturated heterocycles. The van der Waals surface area contributed by atoms with Crippen molar-refractivity contribution in [2.75, 3.05) is 0 Å². The number of benzene rings is 2. The number of hydrogen-bond donors (Lipinski definition) is 0. The molecular formula is C22H26. The fourth-order valence-electron chi connectivity index (χ4n) is 3.63. The van der Waals surface area contributed by atoms with Gasteiger partial charge in [0.05, 0.1) is 0 Å². The van der Waals surface area contributed by atoms with Crippen LogP contribution in [-0.4, -0.2) is 0 Å². The Kier molecular flexibility index (Phi) is 3.51. The van der Waals surface area contributed by atoms with Crippen molar-refractivity contribution in [2.24, 2.45) is 0 Å². The van der Waals surface area contributed by atoms with E-state index < -0.39 is 0 Å². The predicted octanol–water partition coefficient (Wildman–Crippen LogP) is 6.23. The summed E-state index contributed by atoms with van der Waals surface area (Å²) < 4.78 is 0. The van der Waals surface area contributed by atoms with E-state index in [1.807, 2.05) is 0 Å². The molecule has 0 radical (unpaired) electrons. The second-order valence-electron chi connectivity index (χ2n) is 7.85. The summed E-state index contributed by atoms with van der Waals surface area (Å²) in [6.45, 7) is 13.6. The van der Waals surface area contributed by atoms with Gasteiger partial charge in [-0.2, -0.15) is 0 Å². The molecular weight excluding hydrogens is 264 g/mol. The monoisotopic (exact) mass is 290 g/mol. The maximum Gasteiger partial charge on any atom is -0.00604 e. The van der Waals surface area contributed by atoms with Crippen molar-refractivity contribution in [3.05, 3.63) is 63.7 Å². The number of rotatable bonds is 1. The lowest BCUT2D eigenvalue weighted by atomic mass is 9.79. The minimum atomic E-state index is 0.145. The summed E-state index contributed by atoms with van der Waals surface area (Å²) in [7, 11) is 0. The van der Waals surface area contributed by atoms with Gasteiger partial charge in [0.25, 0.3) is 0 Å². The number of allylic oxidation sites excluding steroid dienone is 1. The molecule has 22 heavy (non-hydrogen) atoms. The molecule has 0 fully saturated rings. The van der Waals surface area contributed by atoms with Crippen LogP contribution < -0.4 is 0 Å². The Bertz CT molecular complexity index is 747. The quantitative estimate of drug-likeness (QED) is 0.584. The van der Waals surface area contributed by atoms with Gasteiger partial charge in [0.2, 0.25) is 0 Å². The second kappa shape index (κ2) is 5.12. The predicted molar refractivity (Wildman–Crippen MR) is 97.4 cm³/mol. The van der Waals surface area contributed by atoms with E-state index in [1.54, 1.807) is 0 Å². The maximum absolute atomic E-state index is 2.39. The van der Waals surface area contributed by atoms with Crippen LogP contribution in [-0.2, 0) is 11.8 Å². The molecule has 1 aliphatic rings. The molecule has 0 saturated carbocycles. The normalized spacial score (nSPS) is 14.0. The molecule has 0 heteroatoms. The molecule has 0 nitrogen and oxygen atoms in total. The van der Waals surface area contributed by atoms with E-state index in [9.17, 15) is 0 Å². The summed E-state index contributed by atoms with van der Waals surface area (Å²) in [4.78, 5) is 0. The first kappa shape index (κ1) is 15.1. The van der Waals surface area contributed by atoms with E-state index in [1.165, 1.54) is 44.5 Å². The molecule has 0 aliphatic heterocycles. The van der Waals surface area contributed by atoms with Crippen LogP contribution in [0.4, 0.5) is 0 Å². The molecule has 2 aromatic carbocycles. The van der Waals surface area contributed by atoms with E-state index in [4.69, 9.17) is 0 Å². The summed E-state index contributed by atoms with van der Waals surface area (Å²) in [5.41, 5.74) is 11.5. The van der Waals surface area contributed by atoms with Crippen molar-refractivity contribution >= 4 is 6.08 Å². The molecule has 0 amide bonds. The number of aryl methyl sites for hydroxylation is 2. The summed E-state index contributed by atoms with van der Waals surface area (Å²) in [5, 5.41) is 0. The van der Waals surface area contributed by atoms with Crippen LogP contribution in [0.2, 0.25) is 0 Å². The highest BCUT2D eigenvalue weighted by Gasteiger charge is 2.24. The summed E-state index contributed by atoms with van der Waals surface area (Å²) >= 11 is 0. The van der Waals surface area contributed by atoms with Crippen molar-refractivity contribution < 1.29 is 0 Å². The average Bonchev–Trinajstić information content (AvgIpc) is 2.75. The van der Waals surface area contributed by atoms with Crippen LogP contribution >= 0.6 is 0 Å². The summed E-state index contributed by atoms with van der Waals surface area (Å²) in [6, 6.07) is 11.6. The molecule has 2 aromatic rings. The summed E-state index contributed by atoms with van der Waals surface area (Å²) in [6.07, 6.45) is 3.48. The Morgan fingerprint density at radius 3 is 2.09 bits per heavy atom. The highest BCUT2D eigenvalue weighted by molar-refractivity contribution is 5.84. The van der Waals surface area contributed by atoms with E-state index in [0.717, 1.165) is 6.42 Å². The Labute approximate surface area is 134 Å². The maximum atomic E-state index is 2.39. The smallest absolute Gasteiger partial charge is 0.00604 e. The van der Waals surface area contributed by atoms with Crippen molar-refractivity contribution in [3.8, 4) is 11.1 Å². The second-order valence-corrected chi connectivity index (χ2v) is 7.85. The van der Waals surface area contributed by atoms with E-state index in [2.05, 4.69) is 78.0 Å². The van der Waals surface area contributed by atoms with Crippen molar-refractivity contribution in [1.82, 2.24) is 0 Å². The molecule has 0 unspecified atom stereocenters. The van der Waals surface area contributed by atoms with Gasteiger partial charge in [-0.15, -0.1) is 0 Å². The van der Waals surface area contributed by atoms with Gasteiger partial charge in [-0.05, 0) is 60.4 Å². The van der Waals surface area contributed by atoms with Gasteiger partial charge >= 0.3 is 0 Å². The lowest BCUT2D eigenvalue weighted by Gasteiger charge is -2.25. The third kappa shape index (κ3) is 2.63. The fourth-order valence-corrected chi connectivity index (χ4v) is 3.63. The number of fused-ring (bicyclic) bond motifs is 1. The van der Waals surface area contributed by atoms with Crippen LogP contribution in [0.15, 0.2) is 35.9 Å². The first-order chi connectivity index (χ1) is 10.3. The van der Waals surface area contributed by atoms with Gasteiger partial charge < -0.3 is 0 Å². The molecule has 114 valence electrons. The van der Waals surface area contributed by atoms with Crippen LogP contribution in [0.25, 0.3) is 17.2 Å². The van der Waals surface area contributed by atoms with Crippen molar-refractivity contribution in [3.63, 3.8) is 0 Å². The topological polar surface area (TPSA) is 0 Å². The van der Waals surface area contributed by atoms with Crippen LogP contribution in [0, 0.1) is 13.8 Å². The zero-order chi connectivity index (χ0) is 16.1. The highest BCUT2D eigenvalue weighted by Crippen LogP contribution is 2.41. The zero-order valence-electron chi connectivity index (χ0n) is 14.7. The first-order valence-electron chi connectivity index (χ1n) is 8.18. The lowest BCUT2D eigenvalue weighted by molar-refractivity contribution is 0.591. The Balaban J connectivity index is 2.35. The van der Waals surface area contributed by atoms with Crippen LogP contribution in [0.3, 0.4) is 0 Å². The standard InChI is InChI=1S/C22H26/c1-14-9-15(2)12-18(11-14)21-19-13-16(3)10-17(19)7-8-20(21)22(4,5)6/h7-9,11-13H,10H2,1-6H3. The van der Waals surface area contributed by atoms with Gasteiger partial charge in [0, 0.05) is 0 Å². The van der Waals surface area contributed by atoms with Crippen LogP contribution in [0.5, 0.6) is 0 Å². The Hall–Kier alpha value is -1.82. The van der Waals surface area contributed by atoms with Gasteiger partial charge in [-0.1, -0.05) is 73.9 Å². The Morgan fingerprint density at radius 2 is 1.50 bits per heavy atom. The van der Waals surface area contributed by atoms with Gasteiger partial charge in [-0.3, -0.25) is 0 Å². The van der Waals surface area contributed by atoms with E-state index in [-0.39, 0.29) is 5.41 Å².